The van der Waals surface area contributed by atoms with Gasteiger partial charge >= 0.3 is 0 Å². The molecule has 1 amide bonds. The molecular weight excluding hydrogens is 316 g/mol. The summed E-state index contributed by atoms with van der Waals surface area (Å²) >= 11 is 0. The molecule has 0 unspecified atom stereocenters. The Morgan fingerprint density at radius 3 is 2.64 bits per heavy atom. The number of carbonyl (C=O) groups excluding carboxylic acids is 1. The zero-order valence-electron chi connectivity index (χ0n) is 13.1. The third-order valence-corrected chi connectivity index (χ3v) is 4.08. The molecule has 122 valence electrons. The van der Waals surface area contributed by atoms with E-state index in [4.69, 9.17) is 5.73 Å². The van der Waals surface area contributed by atoms with E-state index in [0.29, 0.717) is 22.3 Å². The number of amides is 1. The standard InChI is InChI=1S/C19H14N4O2/c20-17(24)13-7-4-8-14(9-13)23-10-15(12-5-2-1-3-6-12)16-18(23)21-11-22-19(16)25/h1-11H,(H2,20,24)(H,21,22,25). The Balaban J connectivity index is 2.04. The van der Waals surface area contributed by atoms with Crippen LogP contribution in [-0.4, -0.2) is 20.4 Å². The Hall–Kier alpha value is -3.67. The molecule has 0 saturated heterocycles. The van der Waals surface area contributed by atoms with Crippen LogP contribution in [0.2, 0.25) is 0 Å². The van der Waals surface area contributed by atoms with Gasteiger partial charge in [0.2, 0.25) is 5.91 Å². The van der Waals surface area contributed by atoms with Crippen molar-refractivity contribution < 1.29 is 4.79 Å². The van der Waals surface area contributed by atoms with Crippen LogP contribution in [0, 0.1) is 0 Å². The van der Waals surface area contributed by atoms with Crippen LogP contribution < -0.4 is 11.3 Å². The second kappa shape index (κ2) is 5.76. The van der Waals surface area contributed by atoms with Crippen LogP contribution in [0.15, 0.2) is 71.9 Å². The van der Waals surface area contributed by atoms with Crippen molar-refractivity contribution in [3.63, 3.8) is 0 Å². The van der Waals surface area contributed by atoms with Gasteiger partial charge in [0.1, 0.15) is 0 Å². The summed E-state index contributed by atoms with van der Waals surface area (Å²) in [7, 11) is 0. The van der Waals surface area contributed by atoms with Crippen molar-refractivity contribution in [1.29, 1.82) is 0 Å². The molecule has 0 atom stereocenters. The second-order valence-corrected chi connectivity index (χ2v) is 5.62. The number of hydrogen-bond donors (Lipinski definition) is 2. The fourth-order valence-electron chi connectivity index (χ4n) is 2.91. The quantitative estimate of drug-likeness (QED) is 0.604. The first-order chi connectivity index (χ1) is 12.1. The molecule has 0 radical (unpaired) electrons. The molecule has 2 aromatic heterocycles. The maximum Gasteiger partial charge on any atom is 0.260 e. The predicted molar refractivity (Wildman–Crippen MR) is 95.6 cm³/mol. The number of nitrogens with zero attached hydrogens (tertiary/aromatic N) is 2. The molecule has 0 aliphatic carbocycles. The van der Waals surface area contributed by atoms with Crippen molar-refractivity contribution in [3.05, 3.63) is 83.0 Å². The molecule has 2 aromatic carbocycles. The zero-order chi connectivity index (χ0) is 17.4. The van der Waals surface area contributed by atoms with Crippen LogP contribution in [0.5, 0.6) is 0 Å². The number of benzene rings is 2. The first-order valence-electron chi connectivity index (χ1n) is 7.69. The van der Waals surface area contributed by atoms with E-state index in [2.05, 4.69) is 9.97 Å². The third-order valence-electron chi connectivity index (χ3n) is 4.08. The number of rotatable bonds is 3. The second-order valence-electron chi connectivity index (χ2n) is 5.62. The number of primary amides is 1. The largest absolute Gasteiger partial charge is 0.366 e. The number of aromatic amines is 1. The Morgan fingerprint density at radius 1 is 1.08 bits per heavy atom. The van der Waals surface area contributed by atoms with Crippen LogP contribution in [0.3, 0.4) is 0 Å². The number of nitrogens with one attached hydrogen (secondary N) is 1. The van der Waals surface area contributed by atoms with Gasteiger partial charge in [0.15, 0.2) is 5.65 Å². The summed E-state index contributed by atoms with van der Waals surface area (Å²) in [5.41, 5.74) is 8.47. The minimum absolute atomic E-state index is 0.214. The maximum atomic E-state index is 12.4. The van der Waals surface area contributed by atoms with E-state index in [1.54, 1.807) is 22.8 Å². The van der Waals surface area contributed by atoms with Crippen molar-refractivity contribution in [2.75, 3.05) is 0 Å². The van der Waals surface area contributed by atoms with Gasteiger partial charge in [-0.3, -0.25) is 9.59 Å². The number of carbonyl (C=O) groups is 1. The van der Waals surface area contributed by atoms with E-state index in [9.17, 15) is 9.59 Å². The lowest BCUT2D eigenvalue weighted by Gasteiger charge is -2.05. The van der Waals surface area contributed by atoms with Crippen molar-refractivity contribution in [2.24, 2.45) is 5.73 Å². The smallest absolute Gasteiger partial charge is 0.260 e. The van der Waals surface area contributed by atoms with E-state index in [0.717, 1.165) is 11.1 Å². The predicted octanol–water partition coefficient (Wildman–Crippen LogP) is 2.48. The van der Waals surface area contributed by atoms with Gasteiger partial charge in [-0.25, -0.2) is 4.98 Å². The first kappa shape index (κ1) is 14.9. The van der Waals surface area contributed by atoms with Gasteiger partial charge in [0.05, 0.1) is 11.7 Å². The van der Waals surface area contributed by atoms with E-state index < -0.39 is 5.91 Å². The molecule has 6 nitrogen and oxygen atoms in total. The summed E-state index contributed by atoms with van der Waals surface area (Å²) in [6.45, 7) is 0. The maximum absolute atomic E-state index is 12.4. The molecule has 4 rings (SSSR count). The van der Waals surface area contributed by atoms with Gasteiger partial charge in [-0.15, -0.1) is 0 Å². The Kier molecular flexibility index (Phi) is 3.43. The van der Waals surface area contributed by atoms with E-state index in [1.807, 2.05) is 42.6 Å². The molecule has 0 aliphatic rings. The van der Waals surface area contributed by atoms with Crippen molar-refractivity contribution in [2.45, 2.75) is 0 Å². The molecule has 0 spiro atoms. The summed E-state index contributed by atoms with van der Waals surface area (Å²) < 4.78 is 1.79. The lowest BCUT2D eigenvalue weighted by Crippen LogP contribution is -2.11. The monoisotopic (exact) mass is 330 g/mol. The molecule has 4 aromatic rings. The van der Waals surface area contributed by atoms with Gasteiger partial charge in [0.25, 0.3) is 5.56 Å². The lowest BCUT2D eigenvalue weighted by molar-refractivity contribution is 0.100. The number of fused-ring (bicyclic) bond motifs is 1. The highest BCUT2D eigenvalue weighted by atomic mass is 16.1. The van der Waals surface area contributed by atoms with Crippen LogP contribution >= 0.6 is 0 Å². The molecule has 25 heavy (non-hydrogen) atoms. The molecule has 3 N–H and O–H groups in total. The summed E-state index contributed by atoms with van der Waals surface area (Å²) in [5, 5.41) is 0.498. The zero-order valence-corrected chi connectivity index (χ0v) is 13.1. The average molecular weight is 330 g/mol. The van der Waals surface area contributed by atoms with Gasteiger partial charge in [0, 0.05) is 23.0 Å². The first-order valence-corrected chi connectivity index (χ1v) is 7.69. The van der Waals surface area contributed by atoms with Crippen molar-refractivity contribution >= 4 is 16.9 Å². The summed E-state index contributed by atoms with van der Waals surface area (Å²) in [6.07, 6.45) is 3.22. The highest BCUT2D eigenvalue weighted by molar-refractivity contribution is 5.95. The topological polar surface area (TPSA) is 93.8 Å². The molecule has 2 heterocycles. The number of nitrogens with two attached hydrogens (primary N) is 1. The normalized spacial score (nSPS) is 10.9. The molecule has 6 heteroatoms. The van der Waals surface area contributed by atoms with Gasteiger partial charge in [-0.1, -0.05) is 36.4 Å². The van der Waals surface area contributed by atoms with Crippen LogP contribution in [0.25, 0.3) is 27.8 Å². The fourth-order valence-corrected chi connectivity index (χ4v) is 2.91. The minimum Gasteiger partial charge on any atom is -0.366 e. The lowest BCUT2D eigenvalue weighted by atomic mass is 10.1. The van der Waals surface area contributed by atoms with Gasteiger partial charge in [-0.2, -0.15) is 0 Å². The van der Waals surface area contributed by atoms with E-state index in [1.165, 1.54) is 6.33 Å². The molecule has 0 saturated carbocycles. The summed E-state index contributed by atoms with van der Waals surface area (Å²) in [6, 6.07) is 16.5. The number of aromatic nitrogens is 3. The number of H-pyrrole nitrogens is 1. The van der Waals surface area contributed by atoms with Crippen LogP contribution in [0.1, 0.15) is 10.4 Å². The third kappa shape index (κ3) is 2.49. The van der Waals surface area contributed by atoms with E-state index in [-0.39, 0.29) is 5.56 Å². The van der Waals surface area contributed by atoms with Crippen LogP contribution in [0.4, 0.5) is 0 Å². The van der Waals surface area contributed by atoms with Gasteiger partial charge < -0.3 is 15.3 Å². The SMILES string of the molecule is NC(=O)c1cccc(-n2cc(-c3ccccc3)c3c(=O)[nH]cnc32)c1. The molecule has 0 bridgehead atoms. The average Bonchev–Trinajstić information content (AvgIpc) is 3.04. The van der Waals surface area contributed by atoms with E-state index >= 15 is 0 Å². The highest BCUT2D eigenvalue weighted by Crippen LogP contribution is 2.29. The Bertz CT molecular complexity index is 1140. The Morgan fingerprint density at radius 2 is 1.88 bits per heavy atom. The summed E-state index contributed by atoms with van der Waals surface area (Å²) in [5.74, 6) is -0.507. The number of hydrogen-bond acceptors (Lipinski definition) is 3. The minimum atomic E-state index is -0.507. The van der Waals surface area contributed by atoms with Crippen LogP contribution in [-0.2, 0) is 0 Å². The van der Waals surface area contributed by atoms with Crippen molar-refractivity contribution in [3.8, 4) is 16.8 Å². The van der Waals surface area contributed by atoms with Gasteiger partial charge in [-0.05, 0) is 23.8 Å². The van der Waals surface area contributed by atoms with Crippen molar-refractivity contribution in [1.82, 2.24) is 14.5 Å². The fraction of sp³-hybridized carbons (Fsp3) is 0. The highest BCUT2D eigenvalue weighted by Gasteiger charge is 2.16. The molecule has 0 aliphatic heterocycles. The molecule has 0 fully saturated rings. The molecular formula is C19H14N4O2. The summed E-state index contributed by atoms with van der Waals surface area (Å²) in [4.78, 5) is 30.8. The Labute approximate surface area is 142 Å².